The number of aromatic nitrogens is 2. The van der Waals surface area contributed by atoms with Crippen LogP contribution in [-0.2, 0) is 18.2 Å². The molecule has 1 aromatic heterocycles. The highest BCUT2D eigenvalue weighted by Crippen LogP contribution is 2.14. The summed E-state index contributed by atoms with van der Waals surface area (Å²) in [6.07, 6.45) is -1.73. The van der Waals surface area contributed by atoms with Gasteiger partial charge >= 0.3 is 12.3 Å². The van der Waals surface area contributed by atoms with E-state index >= 15 is 0 Å². The van der Waals surface area contributed by atoms with Crippen molar-refractivity contribution in [1.29, 1.82) is 0 Å². The molecule has 0 fully saturated rings. The molecule has 0 aliphatic carbocycles. The summed E-state index contributed by atoms with van der Waals surface area (Å²) in [6, 6.07) is 0. The topological polar surface area (TPSA) is 56.2 Å². The Labute approximate surface area is 95.5 Å². The molecule has 0 unspecified atom stereocenters. The number of amides is 1. The van der Waals surface area contributed by atoms with Gasteiger partial charge in [-0.1, -0.05) is 0 Å². The number of carbonyl (C=O) groups is 1. The van der Waals surface area contributed by atoms with E-state index in [4.69, 9.17) is 0 Å². The summed E-state index contributed by atoms with van der Waals surface area (Å²) in [5.41, 5.74) is 0.878. The molecular weight excluding hydrogens is 239 g/mol. The van der Waals surface area contributed by atoms with Crippen molar-refractivity contribution in [3.8, 4) is 0 Å². The standard InChI is InChI=1S/C9H12F3N3O2/c1-15-5-7(4-14-15)2-3-13-8(16)17-6-9(10,11)12/h4-5H,2-3,6H2,1H3,(H,13,16). The largest absolute Gasteiger partial charge is 0.440 e. The first-order chi connectivity index (χ1) is 7.87. The summed E-state index contributed by atoms with van der Waals surface area (Å²) in [5, 5.41) is 6.12. The molecule has 0 bridgehead atoms. The minimum absolute atomic E-state index is 0.197. The van der Waals surface area contributed by atoms with Gasteiger partial charge in [0.25, 0.3) is 0 Å². The lowest BCUT2D eigenvalue weighted by atomic mass is 10.2. The van der Waals surface area contributed by atoms with E-state index in [1.807, 2.05) is 0 Å². The highest BCUT2D eigenvalue weighted by molar-refractivity contribution is 5.67. The average molecular weight is 251 g/mol. The number of alkyl carbamates (subject to hydrolysis) is 1. The molecule has 1 N–H and O–H groups in total. The maximum absolute atomic E-state index is 11.7. The number of aryl methyl sites for hydroxylation is 1. The SMILES string of the molecule is Cn1cc(CCNC(=O)OCC(F)(F)F)cn1. The Morgan fingerprint density at radius 1 is 1.59 bits per heavy atom. The molecule has 0 atom stereocenters. The third-order valence-electron chi connectivity index (χ3n) is 1.81. The number of rotatable bonds is 4. The van der Waals surface area contributed by atoms with Gasteiger partial charge in [-0.15, -0.1) is 0 Å². The third kappa shape index (κ3) is 5.79. The summed E-state index contributed by atoms with van der Waals surface area (Å²) >= 11 is 0. The monoisotopic (exact) mass is 251 g/mol. The van der Waals surface area contributed by atoms with Gasteiger partial charge in [0.05, 0.1) is 6.20 Å². The van der Waals surface area contributed by atoms with Gasteiger partial charge in [-0.25, -0.2) is 4.79 Å². The number of ether oxygens (including phenoxy) is 1. The fraction of sp³-hybridized carbons (Fsp3) is 0.556. The van der Waals surface area contributed by atoms with E-state index in [2.05, 4.69) is 15.2 Å². The maximum Gasteiger partial charge on any atom is 0.422 e. The van der Waals surface area contributed by atoms with Gasteiger partial charge < -0.3 is 10.1 Å². The van der Waals surface area contributed by atoms with Crippen LogP contribution in [-0.4, -0.2) is 35.2 Å². The first-order valence-corrected chi connectivity index (χ1v) is 4.82. The highest BCUT2D eigenvalue weighted by Gasteiger charge is 2.29. The molecule has 0 saturated carbocycles. The number of halogens is 3. The molecule has 5 nitrogen and oxygen atoms in total. The Morgan fingerprint density at radius 3 is 2.82 bits per heavy atom. The molecule has 0 radical (unpaired) electrons. The van der Waals surface area contributed by atoms with E-state index in [0.717, 1.165) is 5.56 Å². The number of nitrogens with zero attached hydrogens (tertiary/aromatic N) is 2. The van der Waals surface area contributed by atoms with Crippen LogP contribution in [0.15, 0.2) is 12.4 Å². The summed E-state index contributed by atoms with van der Waals surface area (Å²) in [6.45, 7) is -1.38. The Bertz CT molecular complexity index is 376. The lowest BCUT2D eigenvalue weighted by molar-refractivity contribution is -0.160. The van der Waals surface area contributed by atoms with Crippen molar-refractivity contribution in [3.05, 3.63) is 18.0 Å². The van der Waals surface area contributed by atoms with Crippen LogP contribution >= 0.6 is 0 Å². The second-order valence-corrected chi connectivity index (χ2v) is 3.39. The molecule has 1 amide bonds. The van der Waals surface area contributed by atoms with Crippen molar-refractivity contribution >= 4 is 6.09 Å². The van der Waals surface area contributed by atoms with Crippen LogP contribution in [0, 0.1) is 0 Å². The molecule has 17 heavy (non-hydrogen) atoms. The van der Waals surface area contributed by atoms with Gasteiger partial charge in [-0.05, 0) is 12.0 Å². The Balaban J connectivity index is 2.16. The predicted molar refractivity (Wildman–Crippen MR) is 52.3 cm³/mol. The molecule has 96 valence electrons. The molecule has 1 aromatic rings. The second kappa shape index (κ2) is 5.55. The zero-order valence-corrected chi connectivity index (χ0v) is 9.12. The predicted octanol–water partition coefficient (Wildman–Crippen LogP) is 1.25. The van der Waals surface area contributed by atoms with Gasteiger partial charge in [0, 0.05) is 19.8 Å². The third-order valence-corrected chi connectivity index (χ3v) is 1.81. The molecule has 8 heteroatoms. The number of nitrogens with one attached hydrogen (secondary N) is 1. The molecule has 0 aliphatic heterocycles. The number of hydrogen-bond donors (Lipinski definition) is 1. The molecule has 0 aliphatic rings. The summed E-state index contributed by atoms with van der Waals surface area (Å²) in [4.78, 5) is 10.8. The summed E-state index contributed by atoms with van der Waals surface area (Å²) in [5.74, 6) is 0. The van der Waals surface area contributed by atoms with Gasteiger partial charge in [0.15, 0.2) is 6.61 Å². The van der Waals surface area contributed by atoms with Crippen molar-refractivity contribution in [2.75, 3.05) is 13.2 Å². The van der Waals surface area contributed by atoms with Crippen LogP contribution in [0.2, 0.25) is 0 Å². The Hall–Kier alpha value is -1.73. The summed E-state index contributed by atoms with van der Waals surface area (Å²) < 4.78 is 40.6. The molecule has 0 saturated heterocycles. The van der Waals surface area contributed by atoms with Gasteiger partial charge in [0.1, 0.15) is 0 Å². The fourth-order valence-corrected chi connectivity index (χ4v) is 1.11. The van der Waals surface area contributed by atoms with Crippen LogP contribution in [0.25, 0.3) is 0 Å². The smallest absolute Gasteiger partial charge is 0.422 e. The minimum atomic E-state index is -4.50. The first-order valence-electron chi connectivity index (χ1n) is 4.82. The van der Waals surface area contributed by atoms with E-state index in [-0.39, 0.29) is 6.54 Å². The van der Waals surface area contributed by atoms with Gasteiger partial charge in [0.2, 0.25) is 0 Å². The average Bonchev–Trinajstić information content (AvgIpc) is 2.60. The number of alkyl halides is 3. The zero-order valence-electron chi connectivity index (χ0n) is 9.12. The highest BCUT2D eigenvalue weighted by atomic mass is 19.4. The zero-order chi connectivity index (χ0) is 12.9. The maximum atomic E-state index is 11.7. The minimum Gasteiger partial charge on any atom is -0.440 e. The lowest BCUT2D eigenvalue weighted by Gasteiger charge is -2.08. The molecule has 1 rings (SSSR count). The van der Waals surface area contributed by atoms with Crippen molar-refractivity contribution in [2.45, 2.75) is 12.6 Å². The second-order valence-electron chi connectivity index (χ2n) is 3.39. The van der Waals surface area contributed by atoms with Crippen molar-refractivity contribution < 1.29 is 22.7 Å². The van der Waals surface area contributed by atoms with Crippen molar-refractivity contribution in [1.82, 2.24) is 15.1 Å². The van der Waals surface area contributed by atoms with E-state index in [0.29, 0.717) is 6.42 Å². The van der Waals surface area contributed by atoms with Crippen LogP contribution in [0.3, 0.4) is 0 Å². The van der Waals surface area contributed by atoms with Crippen LogP contribution in [0.5, 0.6) is 0 Å². The Kier molecular flexibility index (Phi) is 4.36. The molecule has 1 heterocycles. The fourth-order valence-electron chi connectivity index (χ4n) is 1.11. The first kappa shape index (κ1) is 13.3. The lowest BCUT2D eigenvalue weighted by Crippen LogP contribution is -2.30. The van der Waals surface area contributed by atoms with E-state index < -0.39 is 18.9 Å². The van der Waals surface area contributed by atoms with E-state index in [9.17, 15) is 18.0 Å². The van der Waals surface area contributed by atoms with Crippen LogP contribution < -0.4 is 5.32 Å². The normalized spacial score (nSPS) is 11.3. The number of carbonyl (C=O) groups excluding carboxylic acids is 1. The van der Waals surface area contributed by atoms with Gasteiger partial charge in [-0.3, -0.25) is 4.68 Å². The number of hydrogen-bond acceptors (Lipinski definition) is 3. The van der Waals surface area contributed by atoms with Crippen molar-refractivity contribution in [2.24, 2.45) is 7.05 Å². The quantitative estimate of drug-likeness (QED) is 0.876. The summed E-state index contributed by atoms with van der Waals surface area (Å²) in [7, 11) is 1.74. The van der Waals surface area contributed by atoms with Gasteiger partial charge in [-0.2, -0.15) is 18.3 Å². The molecule has 0 aromatic carbocycles. The molecule has 0 spiro atoms. The van der Waals surface area contributed by atoms with Crippen molar-refractivity contribution in [3.63, 3.8) is 0 Å². The Morgan fingerprint density at radius 2 is 2.29 bits per heavy atom. The van der Waals surface area contributed by atoms with E-state index in [1.165, 1.54) is 0 Å². The molecular formula is C9H12F3N3O2. The van der Waals surface area contributed by atoms with Crippen LogP contribution in [0.1, 0.15) is 5.56 Å². The van der Waals surface area contributed by atoms with E-state index in [1.54, 1.807) is 24.1 Å². The van der Waals surface area contributed by atoms with Crippen LogP contribution in [0.4, 0.5) is 18.0 Å².